The molecule has 0 saturated carbocycles. The number of nitrogens with zero attached hydrogens (tertiary/aromatic N) is 3. The normalized spacial score (nSPS) is 11.8. The molecular formula is C19H27IN6O3S. The van der Waals surface area contributed by atoms with E-state index in [2.05, 4.69) is 30.9 Å². The summed E-state index contributed by atoms with van der Waals surface area (Å²) in [6.07, 6.45) is 3.20. The van der Waals surface area contributed by atoms with Crippen LogP contribution in [0.3, 0.4) is 0 Å². The summed E-state index contributed by atoms with van der Waals surface area (Å²) < 4.78 is 5.06. The van der Waals surface area contributed by atoms with Gasteiger partial charge in [-0.15, -0.1) is 35.3 Å². The van der Waals surface area contributed by atoms with Crippen LogP contribution in [0.2, 0.25) is 0 Å². The number of hydrogen-bond donors (Lipinski definition) is 3. The lowest BCUT2D eigenvalue weighted by Crippen LogP contribution is -2.39. The number of hydrogen-bond acceptors (Lipinski definition) is 7. The molecule has 1 atom stereocenters. The number of nitrogens with one attached hydrogen (secondary N) is 3. The number of amides is 1. The van der Waals surface area contributed by atoms with Gasteiger partial charge in [0.25, 0.3) is 0 Å². The van der Waals surface area contributed by atoms with Crippen molar-refractivity contribution in [2.75, 3.05) is 25.0 Å². The number of ether oxygens (including phenoxy) is 1. The van der Waals surface area contributed by atoms with E-state index in [0.29, 0.717) is 35.4 Å². The van der Waals surface area contributed by atoms with E-state index in [1.165, 1.54) is 11.3 Å². The second-order valence-electron chi connectivity index (χ2n) is 6.04. The van der Waals surface area contributed by atoms with Crippen molar-refractivity contribution in [3.63, 3.8) is 0 Å². The first-order chi connectivity index (χ1) is 13.9. The summed E-state index contributed by atoms with van der Waals surface area (Å²) in [6, 6.07) is 3.29. The third-order valence-electron chi connectivity index (χ3n) is 3.67. The number of rotatable bonds is 8. The Morgan fingerprint density at radius 3 is 2.73 bits per heavy atom. The SMILES string of the molecule is CCNC(=NCC(=O)Nc1cccnc1)NC(C)c1nc(C)c(C(=O)OCC)s1.I. The van der Waals surface area contributed by atoms with E-state index in [1.54, 1.807) is 38.4 Å². The molecule has 0 aliphatic carbocycles. The van der Waals surface area contributed by atoms with Gasteiger partial charge in [0, 0.05) is 12.7 Å². The molecular weight excluding hydrogens is 519 g/mol. The first kappa shape index (κ1) is 25.8. The first-order valence-electron chi connectivity index (χ1n) is 9.33. The average Bonchev–Trinajstić information content (AvgIpc) is 3.09. The van der Waals surface area contributed by atoms with Gasteiger partial charge in [-0.1, -0.05) is 0 Å². The van der Waals surface area contributed by atoms with E-state index in [4.69, 9.17) is 4.74 Å². The van der Waals surface area contributed by atoms with Crippen molar-refractivity contribution in [1.82, 2.24) is 20.6 Å². The maximum absolute atomic E-state index is 12.1. The molecule has 0 radical (unpaired) electrons. The molecule has 2 rings (SSSR count). The number of esters is 1. The second kappa shape index (κ2) is 13.1. The molecule has 0 aromatic carbocycles. The van der Waals surface area contributed by atoms with Crippen molar-refractivity contribution in [3.05, 3.63) is 40.1 Å². The molecule has 0 aliphatic rings. The van der Waals surface area contributed by atoms with Crippen LogP contribution in [0.1, 0.15) is 47.2 Å². The molecule has 3 N–H and O–H groups in total. The molecule has 9 nitrogen and oxygen atoms in total. The van der Waals surface area contributed by atoms with Crippen LogP contribution in [-0.2, 0) is 9.53 Å². The minimum Gasteiger partial charge on any atom is -0.462 e. The molecule has 164 valence electrons. The van der Waals surface area contributed by atoms with Crippen molar-refractivity contribution in [3.8, 4) is 0 Å². The molecule has 2 heterocycles. The van der Waals surface area contributed by atoms with E-state index in [0.717, 1.165) is 5.01 Å². The monoisotopic (exact) mass is 546 g/mol. The predicted octanol–water partition coefficient (Wildman–Crippen LogP) is 2.90. The van der Waals surface area contributed by atoms with Gasteiger partial charge in [0.05, 0.1) is 30.2 Å². The standard InChI is InChI=1S/C19H26N6O3S.HI/c1-5-21-19(22-11-15(26)25-14-8-7-9-20-10-14)24-13(4)17-23-12(3)16(29-17)18(27)28-6-2;/h7-10,13H,5-6,11H2,1-4H3,(H,25,26)(H2,21,22,24);1H. The van der Waals surface area contributed by atoms with Gasteiger partial charge in [0.1, 0.15) is 16.4 Å². The Balaban J connectivity index is 0.00000450. The second-order valence-corrected chi connectivity index (χ2v) is 7.07. The molecule has 0 aliphatic heterocycles. The highest BCUT2D eigenvalue weighted by molar-refractivity contribution is 14.0. The number of guanidine groups is 1. The number of halogens is 1. The third kappa shape index (κ3) is 7.86. The fourth-order valence-corrected chi connectivity index (χ4v) is 3.33. The number of thiazole rings is 1. The van der Waals surface area contributed by atoms with Crippen molar-refractivity contribution >= 4 is 58.8 Å². The topological polar surface area (TPSA) is 118 Å². The Morgan fingerprint density at radius 2 is 2.10 bits per heavy atom. The van der Waals surface area contributed by atoms with Crippen LogP contribution in [0.25, 0.3) is 0 Å². The van der Waals surface area contributed by atoms with Crippen molar-refractivity contribution in [2.45, 2.75) is 33.7 Å². The van der Waals surface area contributed by atoms with Crippen LogP contribution in [0.15, 0.2) is 29.5 Å². The summed E-state index contributed by atoms with van der Waals surface area (Å²) in [4.78, 5) is 37.3. The van der Waals surface area contributed by atoms with Crippen LogP contribution in [0, 0.1) is 6.92 Å². The van der Waals surface area contributed by atoms with Crippen LogP contribution >= 0.6 is 35.3 Å². The Bertz CT molecular complexity index is 859. The van der Waals surface area contributed by atoms with Crippen LogP contribution in [0.5, 0.6) is 0 Å². The summed E-state index contributed by atoms with van der Waals surface area (Å²) in [5.41, 5.74) is 1.25. The van der Waals surface area contributed by atoms with E-state index in [1.807, 2.05) is 13.8 Å². The van der Waals surface area contributed by atoms with E-state index in [9.17, 15) is 9.59 Å². The highest BCUT2D eigenvalue weighted by Gasteiger charge is 2.20. The summed E-state index contributed by atoms with van der Waals surface area (Å²) in [6.45, 7) is 8.29. The molecule has 1 unspecified atom stereocenters. The molecule has 0 spiro atoms. The summed E-state index contributed by atoms with van der Waals surface area (Å²) >= 11 is 1.28. The third-order valence-corrected chi connectivity index (χ3v) is 4.99. The molecule has 11 heteroatoms. The molecule has 1 amide bonds. The van der Waals surface area contributed by atoms with Gasteiger partial charge in [0.2, 0.25) is 5.91 Å². The number of anilines is 1. The smallest absolute Gasteiger partial charge is 0.350 e. The highest BCUT2D eigenvalue weighted by Crippen LogP contribution is 2.24. The lowest BCUT2D eigenvalue weighted by atomic mass is 10.3. The van der Waals surface area contributed by atoms with E-state index < -0.39 is 0 Å². The average molecular weight is 546 g/mol. The summed E-state index contributed by atoms with van der Waals surface area (Å²) in [5, 5.41) is 9.77. The zero-order valence-corrected chi connectivity index (χ0v) is 20.5. The van der Waals surface area contributed by atoms with Crippen LogP contribution < -0.4 is 16.0 Å². The van der Waals surface area contributed by atoms with Gasteiger partial charge in [-0.2, -0.15) is 0 Å². The zero-order chi connectivity index (χ0) is 21.2. The fourth-order valence-electron chi connectivity index (χ4n) is 2.36. The lowest BCUT2D eigenvalue weighted by molar-refractivity contribution is -0.114. The molecule has 0 bridgehead atoms. The first-order valence-corrected chi connectivity index (χ1v) is 10.1. The quantitative estimate of drug-likeness (QED) is 0.202. The minimum absolute atomic E-state index is 0. The highest BCUT2D eigenvalue weighted by atomic mass is 127. The minimum atomic E-state index is -0.367. The number of carbonyl (C=O) groups is 2. The predicted molar refractivity (Wildman–Crippen MR) is 129 cm³/mol. The fraction of sp³-hybridized carbons (Fsp3) is 0.421. The maximum atomic E-state index is 12.1. The van der Waals surface area contributed by atoms with Crippen LogP contribution in [0.4, 0.5) is 5.69 Å². The van der Waals surface area contributed by atoms with E-state index >= 15 is 0 Å². The summed E-state index contributed by atoms with van der Waals surface area (Å²) in [5.74, 6) is -0.141. The molecule has 2 aromatic heterocycles. The Hall–Kier alpha value is -2.28. The largest absolute Gasteiger partial charge is 0.462 e. The van der Waals surface area contributed by atoms with Gasteiger partial charge in [-0.05, 0) is 39.8 Å². The molecule has 0 saturated heterocycles. The van der Waals surface area contributed by atoms with Crippen molar-refractivity contribution < 1.29 is 14.3 Å². The number of carbonyl (C=O) groups excluding carboxylic acids is 2. The Labute approximate surface area is 197 Å². The Morgan fingerprint density at radius 1 is 1.33 bits per heavy atom. The number of aryl methyl sites for hydroxylation is 1. The number of aromatic nitrogens is 2. The number of aliphatic imine (C=N–C) groups is 1. The maximum Gasteiger partial charge on any atom is 0.350 e. The molecule has 2 aromatic rings. The lowest BCUT2D eigenvalue weighted by Gasteiger charge is -2.16. The van der Waals surface area contributed by atoms with Crippen molar-refractivity contribution in [2.24, 2.45) is 4.99 Å². The van der Waals surface area contributed by atoms with Gasteiger partial charge in [-0.3, -0.25) is 9.78 Å². The zero-order valence-electron chi connectivity index (χ0n) is 17.4. The number of pyridine rings is 1. The van der Waals surface area contributed by atoms with E-state index in [-0.39, 0.29) is 48.4 Å². The molecule has 30 heavy (non-hydrogen) atoms. The van der Waals surface area contributed by atoms with Crippen molar-refractivity contribution in [1.29, 1.82) is 0 Å². The van der Waals surface area contributed by atoms with Gasteiger partial charge < -0.3 is 20.7 Å². The van der Waals surface area contributed by atoms with Crippen LogP contribution in [-0.4, -0.2) is 47.5 Å². The molecule has 0 fully saturated rings. The van der Waals surface area contributed by atoms with Gasteiger partial charge in [0.15, 0.2) is 5.96 Å². The Kier molecular flexibility index (Phi) is 11.3. The summed E-state index contributed by atoms with van der Waals surface area (Å²) in [7, 11) is 0. The van der Waals surface area contributed by atoms with Gasteiger partial charge >= 0.3 is 5.97 Å². The van der Waals surface area contributed by atoms with Gasteiger partial charge in [-0.25, -0.2) is 14.8 Å².